The first-order valence-electron chi connectivity index (χ1n) is 5.43. The molecule has 15 heavy (non-hydrogen) atoms. The van der Waals surface area contributed by atoms with Gasteiger partial charge in [-0.1, -0.05) is 0 Å². The van der Waals surface area contributed by atoms with Gasteiger partial charge in [0.05, 0.1) is 6.10 Å². The molecular weight excluding hydrogens is 190 g/mol. The van der Waals surface area contributed by atoms with Crippen molar-refractivity contribution in [2.45, 2.75) is 38.5 Å². The van der Waals surface area contributed by atoms with Gasteiger partial charge in [-0.15, -0.1) is 0 Å². The third-order valence-corrected chi connectivity index (χ3v) is 2.69. The fraction of sp³-hybridized carbons (Fsp3) is 0.636. The fourth-order valence-electron chi connectivity index (χ4n) is 1.87. The summed E-state index contributed by atoms with van der Waals surface area (Å²) >= 11 is 0. The second-order valence-electron chi connectivity index (χ2n) is 4.03. The van der Waals surface area contributed by atoms with Crippen LogP contribution in [0.1, 0.15) is 25.3 Å². The van der Waals surface area contributed by atoms with E-state index in [4.69, 9.17) is 4.74 Å². The lowest BCUT2D eigenvalue weighted by atomic mass is 10.0. The second-order valence-corrected chi connectivity index (χ2v) is 4.03. The summed E-state index contributed by atoms with van der Waals surface area (Å²) in [5.74, 6) is 0. The molecule has 4 heteroatoms. The molecule has 0 bridgehead atoms. The third kappa shape index (κ3) is 3.25. The highest BCUT2D eigenvalue weighted by Crippen LogP contribution is 2.13. The quantitative estimate of drug-likeness (QED) is 0.807. The maximum absolute atomic E-state index is 5.50. The van der Waals surface area contributed by atoms with E-state index < -0.39 is 0 Å². The van der Waals surface area contributed by atoms with Crippen molar-refractivity contribution in [2.24, 2.45) is 0 Å². The first kappa shape index (κ1) is 10.5. The van der Waals surface area contributed by atoms with E-state index in [1.807, 2.05) is 12.4 Å². The van der Waals surface area contributed by atoms with E-state index in [0.29, 0.717) is 12.1 Å². The van der Waals surface area contributed by atoms with Crippen LogP contribution in [0.2, 0.25) is 0 Å². The Balaban J connectivity index is 1.78. The largest absolute Gasteiger partial charge is 0.378 e. The van der Waals surface area contributed by atoms with Crippen LogP contribution < -0.4 is 5.32 Å². The summed E-state index contributed by atoms with van der Waals surface area (Å²) in [6.07, 6.45) is 7.82. The van der Waals surface area contributed by atoms with E-state index in [1.165, 1.54) is 0 Å². The lowest BCUT2D eigenvalue weighted by Gasteiger charge is -2.28. The zero-order valence-electron chi connectivity index (χ0n) is 9.02. The van der Waals surface area contributed by atoms with Crippen LogP contribution >= 0.6 is 0 Å². The molecule has 1 aromatic heterocycles. The van der Waals surface area contributed by atoms with Gasteiger partial charge in [0, 0.05) is 37.2 Å². The van der Waals surface area contributed by atoms with Crippen molar-refractivity contribution in [1.29, 1.82) is 0 Å². The Bertz CT molecular complexity index is 291. The Morgan fingerprint density at radius 3 is 3.00 bits per heavy atom. The van der Waals surface area contributed by atoms with E-state index in [2.05, 4.69) is 22.2 Å². The van der Waals surface area contributed by atoms with Gasteiger partial charge in [-0.3, -0.25) is 0 Å². The van der Waals surface area contributed by atoms with E-state index in [0.717, 1.165) is 31.6 Å². The van der Waals surface area contributed by atoms with Gasteiger partial charge in [-0.2, -0.15) is 0 Å². The molecule has 4 nitrogen and oxygen atoms in total. The summed E-state index contributed by atoms with van der Waals surface area (Å²) in [4.78, 5) is 7.98. The van der Waals surface area contributed by atoms with E-state index >= 15 is 0 Å². The Morgan fingerprint density at radius 2 is 2.27 bits per heavy atom. The first-order valence-corrected chi connectivity index (χ1v) is 5.43. The van der Waals surface area contributed by atoms with Gasteiger partial charge in [-0.25, -0.2) is 9.97 Å². The summed E-state index contributed by atoms with van der Waals surface area (Å²) < 4.78 is 5.50. The highest BCUT2D eigenvalue weighted by atomic mass is 16.5. The molecule has 0 radical (unpaired) electrons. The summed E-state index contributed by atoms with van der Waals surface area (Å²) in [5.41, 5.74) is 1.14. The average Bonchev–Trinajstić information content (AvgIpc) is 2.28. The number of nitrogens with zero attached hydrogens (tertiary/aromatic N) is 2. The number of hydrogen-bond donors (Lipinski definition) is 1. The molecule has 2 heterocycles. The summed E-state index contributed by atoms with van der Waals surface area (Å²) in [6, 6.07) is 0.564. The zero-order chi connectivity index (χ0) is 10.5. The predicted octanol–water partition coefficient (Wildman–Crippen LogP) is 1.13. The van der Waals surface area contributed by atoms with Gasteiger partial charge in [0.25, 0.3) is 0 Å². The highest BCUT2D eigenvalue weighted by Gasteiger charge is 2.18. The Labute approximate surface area is 90.1 Å². The maximum atomic E-state index is 5.50. The number of hydrogen-bond acceptors (Lipinski definition) is 4. The minimum Gasteiger partial charge on any atom is -0.378 e. The molecular formula is C11H17N3O. The molecule has 2 rings (SSSR count). The van der Waals surface area contributed by atoms with Crippen molar-refractivity contribution in [1.82, 2.24) is 15.3 Å². The van der Waals surface area contributed by atoms with Gasteiger partial charge in [0.1, 0.15) is 6.33 Å². The van der Waals surface area contributed by atoms with Gasteiger partial charge >= 0.3 is 0 Å². The van der Waals surface area contributed by atoms with Crippen molar-refractivity contribution in [2.75, 3.05) is 6.61 Å². The summed E-state index contributed by atoms with van der Waals surface area (Å²) in [6.45, 7) is 3.84. The standard InChI is InChI=1S/C11H17N3O/c1-9-4-11(2-3-15-9)14-7-10-5-12-8-13-6-10/h5-6,8-9,11,14H,2-4,7H2,1H3. The van der Waals surface area contributed by atoms with Crippen LogP contribution in [0.3, 0.4) is 0 Å². The minimum atomic E-state index is 0.378. The van der Waals surface area contributed by atoms with Gasteiger partial charge in [0.15, 0.2) is 0 Å². The van der Waals surface area contributed by atoms with Crippen molar-refractivity contribution >= 4 is 0 Å². The van der Waals surface area contributed by atoms with E-state index in [9.17, 15) is 0 Å². The number of aromatic nitrogens is 2. The monoisotopic (exact) mass is 207 g/mol. The third-order valence-electron chi connectivity index (χ3n) is 2.69. The molecule has 1 saturated heterocycles. The van der Waals surface area contributed by atoms with Crippen LogP contribution in [-0.2, 0) is 11.3 Å². The highest BCUT2D eigenvalue weighted by molar-refractivity contribution is 5.01. The summed E-state index contributed by atoms with van der Waals surface area (Å²) in [7, 11) is 0. The van der Waals surface area contributed by atoms with E-state index in [1.54, 1.807) is 6.33 Å². The van der Waals surface area contributed by atoms with Crippen LogP contribution in [0.5, 0.6) is 0 Å². The second kappa shape index (κ2) is 5.19. The molecule has 0 saturated carbocycles. The smallest absolute Gasteiger partial charge is 0.115 e. The maximum Gasteiger partial charge on any atom is 0.115 e. The molecule has 0 aromatic carbocycles. The zero-order valence-corrected chi connectivity index (χ0v) is 9.02. The van der Waals surface area contributed by atoms with Crippen molar-refractivity contribution in [3.8, 4) is 0 Å². The molecule has 0 amide bonds. The van der Waals surface area contributed by atoms with Gasteiger partial charge < -0.3 is 10.1 Å². The van der Waals surface area contributed by atoms with Crippen LogP contribution in [0, 0.1) is 0 Å². The van der Waals surface area contributed by atoms with Crippen LogP contribution in [0.4, 0.5) is 0 Å². The fourth-order valence-corrected chi connectivity index (χ4v) is 1.87. The molecule has 82 valence electrons. The molecule has 1 fully saturated rings. The SMILES string of the molecule is CC1CC(NCc2cncnc2)CCO1. The molecule has 1 aliphatic heterocycles. The average molecular weight is 207 g/mol. The van der Waals surface area contributed by atoms with Crippen molar-refractivity contribution < 1.29 is 4.74 Å². The summed E-state index contributed by atoms with van der Waals surface area (Å²) in [5, 5.41) is 3.51. The van der Waals surface area contributed by atoms with Crippen LogP contribution in [0.15, 0.2) is 18.7 Å². The minimum absolute atomic E-state index is 0.378. The normalized spacial score (nSPS) is 26.5. The molecule has 1 aromatic rings. The van der Waals surface area contributed by atoms with Gasteiger partial charge in [0.2, 0.25) is 0 Å². The Hall–Kier alpha value is -1.00. The molecule has 0 spiro atoms. The van der Waals surface area contributed by atoms with Crippen molar-refractivity contribution in [3.05, 3.63) is 24.3 Å². The molecule has 1 N–H and O–H groups in total. The Kier molecular flexibility index (Phi) is 3.64. The van der Waals surface area contributed by atoms with Crippen LogP contribution in [0.25, 0.3) is 0 Å². The number of nitrogens with one attached hydrogen (secondary N) is 1. The molecule has 1 aliphatic rings. The number of ether oxygens (including phenoxy) is 1. The lowest BCUT2D eigenvalue weighted by Crippen LogP contribution is -2.37. The van der Waals surface area contributed by atoms with Crippen LogP contribution in [-0.4, -0.2) is 28.7 Å². The molecule has 2 unspecified atom stereocenters. The molecule has 0 aliphatic carbocycles. The number of rotatable bonds is 3. The van der Waals surface area contributed by atoms with E-state index in [-0.39, 0.29) is 0 Å². The lowest BCUT2D eigenvalue weighted by molar-refractivity contribution is 0.0130. The Morgan fingerprint density at radius 1 is 1.47 bits per heavy atom. The predicted molar refractivity (Wildman–Crippen MR) is 57.3 cm³/mol. The van der Waals surface area contributed by atoms with Crippen molar-refractivity contribution in [3.63, 3.8) is 0 Å². The van der Waals surface area contributed by atoms with Gasteiger partial charge in [-0.05, 0) is 19.8 Å². The first-order chi connectivity index (χ1) is 7.34. The molecule has 2 atom stereocenters. The topological polar surface area (TPSA) is 47.0 Å².